The first-order valence-electron chi connectivity index (χ1n) is 11.4. The van der Waals surface area contributed by atoms with Crippen molar-refractivity contribution in [3.8, 4) is 0 Å². The van der Waals surface area contributed by atoms with Crippen LogP contribution in [-0.2, 0) is 6.54 Å². The van der Waals surface area contributed by atoms with Crippen LogP contribution in [0.1, 0.15) is 83.6 Å². The second kappa shape index (κ2) is 15.7. The average molecular weight is 371 g/mol. The Hall–Kier alpha value is -1.34. The molecule has 152 valence electrons. The molecule has 1 heteroatoms. The predicted molar refractivity (Wildman–Crippen MR) is 122 cm³/mol. The number of nitrogens with zero attached hydrogens (tertiary/aromatic N) is 1. The Balaban J connectivity index is 2.41. The molecule has 0 aliphatic rings. The van der Waals surface area contributed by atoms with Gasteiger partial charge in [-0.05, 0) is 31.9 Å². The summed E-state index contributed by atoms with van der Waals surface area (Å²) >= 11 is 0. The molecule has 0 N–H and O–H groups in total. The fourth-order valence-electron chi connectivity index (χ4n) is 3.97. The van der Waals surface area contributed by atoms with E-state index in [0.717, 1.165) is 24.1 Å². The summed E-state index contributed by atoms with van der Waals surface area (Å²) in [5.74, 6) is 0. The molecular weight excluding hydrogens is 326 g/mol. The summed E-state index contributed by atoms with van der Waals surface area (Å²) in [6.45, 7) is 13.0. The first-order chi connectivity index (χ1) is 13.3. The van der Waals surface area contributed by atoms with Gasteiger partial charge in [0.25, 0.3) is 0 Å². The van der Waals surface area contributed by atoms with Gasteiger partial charge in [0.1, 0.15) is 6.54 Å². The zero-order valence-corrected chi connectivity index (χ0v) is 18.2. The number of rotatable bonds is 17. The fourth-order valence-corrected chi connectivity index (χ4v) is 3.97. The molecule has 0 bridgehead atoms. The van der Waals surface area contributed by atoms with Gasteiger partial charge in [-0.1, -0.05) is 101 Å². The quantitative estimate of drug-likeness (QED) is 0.150. The summed E-state index contributed by atoms with van der Waals surface area (Å²) in [7, 11) is 0. The third-order valence-electron chi connectivity index (χ3n) is 5.59. The highest BCUT2D eigenvalue weighted by molar-refractivity contribution is 5.13. The minimum absolute atomic E-state index is 1.05. The highest BCUT2D eigenvalue weighted by atomic mass is 15.3. The topological polar surface area (TPSA) is 0 Å². The van der Waals surface area contributed by atoms with Crippen LogP contribution in [0, 0.1) is 0 Å². The van der Waals surface area contributed by atoms with Crippen molar-refractivity contribution < 1.29 is 4.48 Å². The molecular formula is C26H44N+. The molecule has 1 aromatic carbocycles. The van der Waals surface area contributed by atoms with Crippen molar-refractivity contribution in [1.82, 2.24) is 0 Å². The van der Waals surface area contributed by atoms with E-state index in [1.165, 1.54) is 76.3 Å². The fraction of sp³-hybridized carbons (Fsp3) is 0.615. The molecule has 0 saturated carbocycles. The van der Waals surface area contributed by atoms with Gasteiger partial charge in [0, 0.05) is 5.56 Å². The van der Waals surface area contributed by atoms with Gasteiger partial charge in [-0.25, -0.2) is 0 Å². The lowest BCUT2D eigenvalue weighted by atomic mass is 10.1. The number of hydrogen-bond donors (Lipinski definition) is 0. The van der Waals surface area contributed by atoms with Crippen molar-refractivity contribution in [2.45, 2.75) is 84.6 Å². The Kier molecular flexibility index (Phi) is 13.8. The number of allylic oxidation sites excluding steroid dienone is 1. The van der Waals surface area contributed by atoms with Crippen LogP contribution in [0.4, 0.5) is 0 Å². The van der Waals surface area contributed by atoms with Crippen LogP contribution in [0.5, 0.6) is 0 Å². The van der Waals surface area contributed by atoms with E-state index in [1.807, 2.05) is 0 Å². The van der Waals surface area contributed by atoms with Gasteiger partial charge in [-0.15, -0.1) is 0 Å². The van der Waals surface area contributed by atoms with E-state index in [4.69, 9.17) is 0 Å². The Morgan fingerprint density at radius 1 is 0.815 bits per heavy atom. The van der Waals surface area contributed by atoms with Crippen molar-refractivity contribution in [2.75, 3.05) is 19.6 Å². The summed E-state index contributed by atoms with van der Waals surface area (Å²) in [4.78, 5) is 0. The minimum Gasteiger partial charge on any atom is -0.313 e. The Labute approximate surface area is 169 Å². The van der Waals surface area contributed by atoms with Gasteiger partial charge in [0.05, 0.1) is 19.6 Å². The zero-order chi connectivity index (χ0) is 19.6. The molecule has 0 fully saturated rings. The number of hydrogen-bond acceptors (Lipinski definition) is 0. The maximum atomic E-state index is 4.05. The van der Waals surface area contributed by atoms with Gasteiger partial charge in [-0.3, -0.25) is 0 Å². The lowest BCUT2D eigenvalue weighted by Crippen LogP contribution is -2.48. The molecule has 0 aliphatic heterocycles. The van der Waals surface area contributed by atoms with Crippen molar-refractivity contribution in [1.29, 1.82) is 0 Å². The second-order valence-corrected chi connectivity index (χ2v) is 8.11. The molecule has 1 nitrogen and oxygen atoms in total. The number of benzene rings is 1. The molecule has 1 rings (SSSR count). The van der Waals surface area contributed by atoms with E-state index in [9.17, 15) is 0 Å². The smallest absolute Gasteiger partial charge is 0.105 e. The summed E-state index contributed by atoms with van der Waals surface area (Å²) < 4.78 is 1.11. The molecule has 1 aromatic rings. The lowest BCUT2D eigenvalue weighted by molar-refractivity contribution is -0.930. The van der Waals surface area contributed by atoms with E-state index in [1.54, 1.807) is 0 Å². The van der Waals surface area contributed by atoms with Gasteiger partial charge in [0.2, 0.25) is 0 Å². The normalized spacial score (nSPS) is 13.7. The molecule has 1 atom stereocenters. The third-order valence-corrected chi connectivity index (χ3v) is 5.59. The lowest BCUT2D eigenvalue weighted by Gasteiger charge is -2.37. The van der Waals surface area contributed by atoms with Crippen molar-refractivity contribution in [3.63, 3.8) is 0 Å². The van der Waals surface area contributed by atoms with Gasteiger partial charge < -0.3 is 4.48 Å². The Morgan fingerprint density at radius 2 is 1.41 bits per heavy atom. The summed E-state index contributed by atoms with van der Waals surface area (Å²) in [5.41, 5.74) is 1.44. The molecule has 0 heterocycles. The predicted octanol–water partition coefficient (Wildman–Crippen LogP) is 7.69. The Morgan fingerprint density at radius 3 is 1.96 bits per heavy atom. The van der Waals surface area contributed by atoms with Crippen LogP contribution in [0.2, 0.25) is 0 Å². The highest BCUT2D eigenvalue weighted by Crippen LogP contribution is 2.18. The van der Waals surface area contributed by atoms with Gasteiger partial charge in [-0.2, -0.15) is 0 Å². The first-order valence-corrected chi connectivity index (χ1v) is 11.4. The summed E-state index contributed by atoms with van der Waals surface area (Å²) in [6, 6.07) is 11.0. The van der Waals surface area contributed by atoms with Crippen LogP contribution in [-0.4, -0.2) is 24.1 Å². The zero-order valence-electron chi connectivity index (χ0n) is 18.2. The minimum atomic E-state index is 1.05. The van der Waals surface area contributed by atoms with E-state index in [2.05, 4.69) is 69.0 Å². The average Bonchev–Trinajstić information content (AvgIpc) is 2.69. The number of quaternary nitrogens is 1. The van der Waals surface area contributed by atoms with Crippen LogP contribution in [0.3, 0.4) is 0 Å². The van der Waals surface area contributed by atoms with E-state index < -0.39 is 0 Å². The van der Waals surface area contributed by atoms with Crippen LogP contribution in [0.15, 0.2) is 55.1 Å². The van der Waals surface area contributed by atoms with E-state index in [-0.39, 0.29) is 0 Å². The second-order valence-electron chi connectivity index (χ2n) is 8.11. The maximum absolute atomic E-state index is 4.05. The molecule has 0 aromatic heterocycles. The summed E-state index contributed by atoms with van der Waals surface area (Å²) in [6.07, 6.45) is 20.7. The molecule has 1 unspecified atom stereocenters. The highest BCUT2D eigenvalue weighted by Gasteiger charge is 2.24. The molecule has 27 heavy (non-hydrogen) atoms. The van der Waals surface area contributed by atoms with Gasteiger partial charge in [0.15, 0.2) is 0 Å². The maximum Gasteiger partial charge on any atom is 0.105 e. The standard InChI is InChI=1S/C26H44N/c1-4-7-9-10-11-12-13-14-15-19-24-27(22-6-3,23-8-5-2)25-26-20-17-16-18-21-26/h5-6,8,16-18,20-21H,3-4,7,9-15,19,22-25H2,1-2H3/q+1. The monoisotopic (exact) mass is 370 g/mol. The van der Waals surface area contributed by atoms with Crippen molar-refractivity contribution >= 4 is 0 Å². The van der Waals surface area contributed by atoms with Crippen LogP contribution < -0.4 is 0 Å². The largest absolute Gasteiger partial charge is 0.313 e. The van der Waals surface area contributed by atoms with Crippen LogP contribution >= 0.6 is 0 Å². The first kappa shape index (κ1) is 23.7. The summed E-state index contributed by atoms with van der Waals surface area (Å²) in [5, 5.41) is 0. The third kappa shape index (κ3) is 11.2. The Bertz CT molecular complexity index is 490. The molecule has 0 radical (unpaired) electrons. The molecule has 0 spiro atoms. The van der Waals surface area contributed by atoms with Gasteiger partial charge >= 0.3 is 0 Å². The molecule has 0 saturated heterocycles. The molecule has 0 aliphatic carbocycles. The van der Waals surface area contributed by atoms with E-state index in [0.29, 0.717) is 0 Å². The SMILES string of the molecule is C=CC[N+](CC=CC)(CCCCCCCCCCCC)Cc1ccccc1. The molecule has 0 amide bonds. The van der Waals surface area contributed by atoms with Crippen molar-refractivity contribution in [2.24, 2.45) is 0 Å². The van der Waals surface area contributed by atoms with Crippen molar-refractivity contribution in [3.05, 3.63) is 60.7 Å². The number of unbranched alkanes of at least 4 members (excludes halogenated alkanes) is 9. The van der Waals surface area contributed by atoms with Crippen LogP contribution in [0.25, 0.3) is 0 Å². The van der Waals surface area contributed by atoms with E-state index >= 15 is 0 Å².